The SMILES string of the molecule is CCn1nc(C(C)(C)C)cc1-c1nc2cc(-c3ccccc3C(F)(F)F)ccc2[nH]1. The molecule has 0 bridgehead atoms. The molecule has 30 heavy (non-hydrogen) atoms. The van der Waals surface area contributed by atoms with Crippen LogP contribution in [0.2, 0.25) is 0 Å². The Morgan fingerprint density at radius 2 is 1.73 bits per heavy atom. The summed E-state index contributed by atoms with van der Waals surface area (Å²) in [6.45, 7) is 9.00. The van der Waals surface area contributed by atoms with E-state index in [9.17, 15) is 13.2 Å². The molecule has 0 fully saturated rings. The molecule has 0 aliphatic heterocycles. The number of benzene rings is 2. The fourth-order valence-corrected chi connectivity index (χ4v) is 3.49. The summed E-state index contributed by atoms with van der Waals surface area (Å²) >= 11 is 0. The van der Waals surface area contributed by atoms with Crippen LogP contribution in [0.5, 0.6) is 0 Å². The molecule has 7 heteroatoms. The molecule has 156 valence electrons. The van der Waals surface area contributed by atoms with Crippen molar-refractivity contribution in [2.24, 2.45) is 0 Å². The molecule has 0 radical (unpaired) electrons. The van der Waals surface area contributed by atoms with Gasteiger partial charge < -0.3 is 4.98 Å². The molecule has 0 unspecified atom stereocenters. The first-order valence-electron chi connectivity index (χ1n) is 9.83. The van der Waals surface area contributed by atoms with E-state index in [-0.39, 0.29) is 11.0 Å². The quantitative estimate of drug-likeness (QED) is 0.421. The zero-order valence-electron chi connectivity index (χ0n) is 17.3. The maximum absolute atomic E-state index is 13.4. The predicted molar refractivity (Wildman–Crippen MR) is 112 cm³/mol. The number of alkyl halides is 3. The van der Waals surface area contributed by atoms with Crippen molar-refractivity contribution < 1.29 is 13.2 Å². The Hall–Kier alpha value is -3.09. The van der Waals surface area contributed by atoms with Crippen LogP contribution >= 0.6 is 0 Å². The van der Waals surface area contributed by atoms with E-state index in [2.05, 4.69) is 35.8 Å². The van der Waals surface area contributed by atoms with Gasteiger partial charge in [-0.1, -0.05) is 45.0 Å². The highest BCUT2D eigenvalue weighted by Gasteiger charge is 2.33. The Balaban J connectivity index is 1.81. The summed E-state index contributed by atoms with van der Waals surface area (Å²) in [5, 5.41) is 4.68. The van der Waals surface area contributed by atoms with E-state index in [1.807, 2.05) is 17.7 Å². The summed E-state index contributed by atoms with van der Waals surface area (Å²) in [4.78, 5) is 7.95. The summed E-state index contributed by atoms with van der Waals surface area (Å²) in [6, 6.07) is 12.8. The molecule has 2 aromatic carbocycles. The van der Waals surface area contributed by atoms with Gasteiger partial charge in [-0.15, -0.1) is 0 Å². The highest BCUT2D eigenvalue weighted by molar-refractivity contribution is 5.85. The first kappa shape index (κ1) is 20.2. The maximum Gasteiger partial charge on any atom is 0.417 e. The van der Waals surface area contributed by atoms with E-state index >= 15 is 0 Å². The molecule has 2 heterocycles. The van der Waals surface area contributed by atoms with Crippen molar-refractivity contribution in [2.45, 2.75) is 45.8 Å². The summed E-state index contributed by atoms with van der Waals surface area (Å²) in [7, 11) is 0. The van der Waals surface area contributed by atoms with Gasteiger partial charge >= 0.3 is 6.18 Å². The normalized spacial score (nSPS) is 12.6. The summed E-state index contributed by atoms with van der Waals surface area (Å²) in [5.74, 6) is 0.649. The van der Waals surface area contributed by atoms with Crippen molar-refractivity contribution in [3.8, 4) is 22.6 Å². The molecule has 0 atom stereocenters. The topological polar surface area (TPSA) is 46.5 Å². The molecule has 0 spiro atoms. The largest absolute Gasteiger partial charge is 0.417 e. The number of rotatable bonds is 3. The Bertz CT molecular complexity index is 1210. The minimum absolute atomic E-state index is 0.102. The second-order valence-corrected chi connectivity index (χ2v) is 8.34. The van der Waals surface area contributed by atoms with Crippen LogP contribution in [0.4, 0.5) is 13.2 Å². The lowest BCUT2D eigenvalue weighted by atomic mass is 9.92. The van der Waals surface area contributed by atoms with E-state index in [0.29, 0.717) is 23.4 Å². The average molecular weight is 412 g/mol. The second-order valence-electron chi connectivity index (χ2n) is 8.34. The zero-order chi connectivity index (χ0) is 21.7. The zero-order valence-corrected chi connectivity index (χ0v) is 17.3. The Morgan fingerprint density at radius 1 is 1.00 bits per heavy atom. The van der Waals surface area contributed by atoms with E-state index < -0.39 is 11.7 Å². The van der Waals surface area contributed by atoms with Crippen LogP contribution in [-0.4, -0.2) is 19.7 Å². The maximum atomic E-state index is 13.4. The van der Waals surface area contributed by atoms with E-state index in [4.69, 9.17) is 0 Å². The van der Waals surface area contributed by atoms with Gasteiger partial charge in [0.15, 0.2) is 5.82 Å². The van der Waals surface area contributed by atoms with E-state index in [0.717, 1.165) is 23.0 Å². The van der Waals surface area contributed by atoms with Gasteiger partial charge in [-0.3, -0.25) is 4.68 Å². The highest BCUT2D eigenvalue weighted by Crippen LogP contribution is 2.37. The van der Waals surface area contributed by atoms with Crippen molar-refractivity contribution >= 4 is 11.0 Å². The fourth-order valence-electron chi connectivity index (χ4n) is 3.49. The molecule has 0 aliphatic rings. The molecule has 1 N–H and O–H groups in total. The first-order valence-corrected chi connectivity index (χ1v) is 9.83. The second kappa shape index (κ2) is 7.00. The molecule has 4 nitrogen and oxygen atoms in total. The van der Waals surface area contributed by atoms with Gasteiger partial charge in [0.1, 0.15) is 5.69 Å². The monoisotopic (exact) mass is 412 g/mol. The van der Waals surface area contributed by atoms with Crippen molar-refractivity contribution in [3.63, 3.8) is 0 Å². The first-order chi connectivity index (χ1) is 14.1. The van der Waals surface area contributed by atoms with Gasteiger partial charge in [0.25, 0.3) is 0 Å². The lowest BCUT2D eigenvalue weighted by Gasteiger charge is -2.13. The van der Waals surface area contributed by atoms with Crippen LogP contribution < -0.4 is 0 Å². The van der Waals surface area contributed by atoms with Crippen molar-refractivity contribution in [3.05, 3.63) is 59.8 Å². The molecule has 4 aromatic rings. The van der Waals surface area contributed by atoms with Gasteiger partial charge in [0, 0.05) is 12.0 Å². The van der Waals surface area contributed by atoms with E-state index in [1.165, 1.54) is 12.1 Å². The molecular formula is C23H23F3N4. The van der Waals surface area contributed by atoms with Gasteiger partial charge in [0.2, 0.25) is 0 Å². The number of fused-ring (bicyclic) bond motifs is 1. The Morgan fingerprint density at radius 3 is 2.40 bits per heavy atom. The molecule has 4 rings (SSSR count). The van der Waals surface area contributed by atoms with Gasteiger partial charge in [-0.05, 0) is 42.3 Å². The van der Waals surface area contributed by atoms with E-state index in [1.54, 1.807) is 24.3 Å². The summed E-state index contributed by atoms with van der Waals surface area (Å²) in [5.41, 5.74) is 3.06. The standard InChI is InChI=1S/C23H23F3N4/c1-5-30-19(13-20(29-30)22(2,3)4)21-27-17-11-10-14(12-18(17)28-21)15-8-6-7-9-16(15)23(24,25)26/h6-13H,5H2,1-4H3,(H,27,28). The van der Waals surface area contributed by atoms with Crippen LogP contribution in [0.3, 0.4) is 0 Å². The Labute approximate surface area is 172 Å². The third-order valence-corrected chi connectivity index (χ3v) is 5.12. The summed E-state index contributed by atoms with van der Waals surface area (Å²) < 4.78 is 42.2. The molecule has 0 saturated heterocycles. The lowest BCUT2D eigenvalue weighted by molar-refractivity contribution is -0.137. The van der Waals surface area contributed by atoms with Crippen LogP contribution in [0.15, 0.2) is 48.5 Å². The summed E-state index contributed by atoms with van der Waals surface area (Å²) in [6.07, 6.45) is -4.42. The molecule has 2 aromatic heterocycles. The Kier molecular flexibility index (Phi) is 4.71. The highest BCUT2D eigenvalue weighted by atomic mass is 19.4. The third-order valence-electron chi connectivity index (χ3n) is 5.12. The molecule has 0 saturated carbocycles. The minimum Gasteiger partial charge on any atom is -0.337 e. The van der Waals surface area contributed by atoms with Gasteiger partial charge in [0.05, 0.1) is 22.3 Å². The van der Waals surface area contributed by atoms with Crippen molar-refractivity contribution in [1.29, 1.82) is 0 Å². The average Bonchev–Trinajstić information content (AvgIpc) is 3.30. The number of hydrogen-bond acceptors (Lipinski definition) is 2. The number of imidazole rings is 1. The van der Waals surface area contributed by atoms with Crippen LogP contribution in [-0.2, 0) is 18.1 Å². The predicted octanol–water partition coefficient (Wildman–Crippen LogP) is 6.43. The number of halogens is 3. The number of hydrogen-bond donors (Lipinski definition) is 1. The number of H-pyrrole nitrogens is 1. The molecular weight excluding hydrogens is 389 g/mol. The van der Waals surface area contributed by atoms with Crippen LogP contribution in [0, 0.1) is 0 Å². The van der Waals surface area contributed by atoms with Crippen LogP contribution in [0.1, 0.15) is 39.0 Å². The van der Waals surface area contributed by atoms with Crippen molar-refractivity contribution in [1.82, 2.24) is 19.7 Å². The number of aryl methyl sites for hydroxylation is 1. The number of aromatic nitrogens is 4. The minimum atomic E-state index is -4.42. The fraction of sp³-hybridized carbons (Fsp3) is 0.304. The molecule has 0 aliphatic carbocycles. The van der Waals surface area contributed by atoms with Crippen LogP contribution in [0.25, 0.3) is 33.7 Å². The molecule has 0 amide bonds. The lowest BCUT2D eigenvalue weighted by Crippen LogP contribution is -2.12. The van der Waals surface area contributed by atoms with Gasteiger partial charge in [-0.2, -0.15) is 18.3 Å². The number of aromatic amines is 1. The number of nitrogens with one attached hydrogen (secondary N) is 1. The third kappa shape index (κ3) is 3.60. The van der Waals surface area contributed by atoms with Crippen molar-refractivity contribution in [2.75, 3.05) is 0 Å². The number of nitrogens with zero attached hydrogens (tertiary/aromatic N) is 3. The smallest absolute Gasteiger partial charge is 0.337 e. The van der Waals surface area contributed by atoms with Gasteiger partial charge in [-0.25, -0.2) is 4.98 Å².